The van der Waals surface area contributed by atoms with Gasteiger partial charge in [0.05, 0.1) is 28.3 Å². The Hall–Kier alpha value is -3.24. The van der Waals surface area contributed by atoms with Crippen molar-refractivity contribution in [3.8, 4) is 6.07 Å². The first-order valence-electron chi connectivity index (χ1n) is 11.4. The molecule has 5 rings (SSSR count). The number of hydrogen-bond donors (Lipinski definition) is 2. The van der Waals surface area contributed by atoms with E-state index >= 15 is 0 Å². The molecule has 9 nitrogen and oxygen atoms in total. The number of allylic oxidation sites excluding steroid dienone is 3. The van der Waals surface area contributed by atoms with Crippen molar-refractivity contribution in [3.63, 3.8) is 0 Å². The van der Waals surface area contributed by atoms with Gasteiger partial charge in [-0.3, -0.25) is 14.5 Å². The first-order valence-corrected chi connectivity index (χ1v) is 14.4. The van der Waals surface area contributed by atoms with E-state index in [0.29, 0.717) is 45.1 Å². The van der Waals surface area contributed by atoms with Crippen LogP contribution in [-0.2, 0) is 9.59 Å². The molecular formula is C25H19BrClN7O2S2. The van der Waals surface area contributed by atoms with Crippen molar-refractivity contribution < 1.29 is 9.59 Å². The number of carbonyl (C=O) groups is 2. The number of hydrogen-bond acceptors (Lipinski definition) is 10. The second-order valence-electron chi connectivity index (χ2n) is 8.42. The van der Waals surface area contributed by atoms with Crippen molar-refractivity contribution in [2.75, 3.05) is 16.0 Å². The van der Waals surface area contributed by atoms with E-state index in [-0.39, 0.29) is 28.8 Å². The van der Waals surface area contributed by atoms with Crippen LogP contribution in [-0.4, -0.2) is 32.6 Å². The molecule has 0 fully saturated rings. The Morgan fingerprint density at radius 2 is 2.16 bits per heavy atom. The lowest BCUT2D eigenvalue weighted by atomic mass is 9.76. The Kier molecular flexibility index (Phi) is 7.80. The van der Waals surface area contributed by atoms with Gasteiger partial charge in [0.2, 0.25) is 11.0 Å². The molecule has 0 spiro atoms. The second-order valence-corrected chi connectivity index (χ2v) is 12.0. The smallest absolute Gasteiger partial charge is 0.235 e. The summed E-state index contributed by atoms with van der Waals surface area (Å²) in [5.41, 5.74) is 9.00. The van der Waals surface area contributed by atoms with Gasteiger partial charge in [0.15, 0.2) is 10.1 Å². The molecule has 3 aromatic rings. The number of Topliss-reactive ketones (excluding diaryl/α,β-unsaturated/α-hetero) is 1. The van der Waals surface area contributed by atoms with Crippen molar-refractivity contribution in [1.29, 1.82) is 5.26 Å². The van der Waals surface area contributed by atoms with Gasteiger partial charge in [-0.25, -0.2) is 4.98 Å². The van der Waals surface area contributed by atoms with Gasteiger partial charge < -0.3 is 11.1 Å². The molecule has 13 heteroatoms. The summed E-state index contributed by atoms with van der Waals surface area (Å²) in [5.74, 6) is -0.104. The van der Waals surface area contributed by atoms with Crippen molar-refractivity contribution in [2.45, 2.75) is 29.5 Å². The molecule has 0 radical (unpaired) electrons. The number of pyridine rings is 1. The van der Waals surface area contributed by atoms with Crippen LogP contribution >= 0.6 is 50.6 Å². The number of nitriles is 1. The predicted molar refractivity (Wildman–Crippen MR) is 151 cm³/mol. The summed E-state index contributed by atoms with van der Waals surface area (Å²) >= 11 is 11.8. The van der Waals surface area contributed by atoms with E-state index in [1.165, 1.54) is 29.3 Å². The molecule has 1 amide bonds. The average molecular weight is 629 g/mol. The maximum absolute atomic E-state index is 13.2. The maximum Gasteiger partial charge on any atom is 0.235 e. The summed E-state index contributed by atoms with van der Waals surface area (Å²) in [6.45, 7) is 0. The summed E-state index contributed by atoms with van der Waals surface area (Å²) in [6, 6.07) is 13.1. The Morgan fingerprint density at radius 1 is 1.32 bits per heavy atom. The third-order valence-electron chi connectivity index (χ3n) is 6.00. The molecule has 3 heterocycles. The zero-order valence-electron chi connectivity index (χ0n) is 19.6. The molecule has 3 N–H and O–H groups in total. The summed E-state index contributed by atoms with van der Waals surface area (Å²) in [4.78, 5) is 31.3. The number of nitrogens with one attached hydrogen (secondary N) is 1. The summed E-state index contributed by atoms with van der Waals surface area (Å²) in [6.07, 6.45) is 3.15. The quantitative estimate of drug-likeness (QED) is 0.344. The number of anilines is 2. The number of ketones is 1. The highest BCUT2D eigenvalue weighted by Crippen LogP contribution is 2.47. The van der Waals surface area contributed by atoms with E-state index in [1.807, 2.05) is 24.3 Å². The minimum Gasteiger partial charge on any atom is -0.384 e. The van der Waals surface area contributed by atoms with Gasteiger partial charge in [-0.1, -0.05) is 62.8 Å². The molecule has 0 saturated carbocycles. The maximum atomic E-state index is 13.2. The first kappa shape index (κ1) is 26.4. The number of thioether (sulfide) groups is 1. The van der Waals surface area contributed by atoms with E-state index < -0.39 is 5.92 Å². The topological polar surface area (TPSA) is 138 Å². The Labute approximate surface area is 239 Å². The third kappa shape index (κ3) is 5.33. The van der Waals surface area contributed by atoms with Gasteiger partial charge in [-0.15, -0.1) is 10.2 Å². The molecule has 0 bridgehead atoms. The van der Waals surface area contributed by atoms with Crippen molar-refractivity contribution in [3.05, 3.63) is 80.3 Å². The Morgan fingerprint density at radius 3 is 2.89 bits per heavy atom. The number of benzene rings is 1. The molecule has 192 valence electrons. The number of nitrogens with zero attached hydrogens (tertiary/aromatic N) is 5. The molecule has 1 atom stereocenters. The first-order chi connectivity index (χ1) is 18.4. The SMILES string of the molecule is N#CC1=C(N)N(c2nnc(SCC(=O)Nc3ccc(Cl)cn3)s2)C2=C(C(=O)CCC2)C1c1cccc(Br)c1. The summed E-state index contributed by atoms with van der Waals surface area (Å²) in [5, 5.41) is 22.3. The lowest BCUT2D eigenvalue weighted by molar-refractivity contribution is -0.116. The number of amides is 1. The number of halogens is 2. The standard InChI is InChI=1S/C25H19BrClN7O2S2/c26-14-4-1-3-13(9-14)21-16(10-28)23(29)34(17-5-2-6-18(35)22(17)21)24-32-33-25(38-24)37-12-20(36)31-19-8-7-15(27)11-30-19/h1,3-4,7-9,11,21H,2,5-6,12,29H2,(H,30,31,36). The van der Waals surface area contributed by atoms with Crippen LogP contribution < -0.4 is 16.0 Å². The number of nitrogens with two attached hydrogens (primary N) is 1. The molecule has 1 aliphatic carbocycles. The fourth-order valence-electron chi connectivity index (χ4n) is 4.43. The second kappa shape index (κ2) is 11.2. The third-order valence-corrected chi connectivity index (χ3v) is 8.76. The van der Waals surface area contributed by atoms with Crippen LogP contribution in [0.1, 0.15) is 30.7 Å². The zero-order valence-corrected chi connectivity index (χ0v) is 23.6. The number of carbonyl (C=O) groups excluding carboxylic acids is 2. The minimum atomic E-state index is -0.552. The van der Waals surface area contributed by atoms with E-state index in [4.69, 9.17) is 17.3 Å². The Bertz CT molecular complexity index is 1530. The molecule has 2 aromatic heterocycles. The fourth-order valence-corrected chi connectivity index (χ4v) is 6.64. The summed E-state index contributed by atoms with van der Waals surface area (Å²) in [7, 11) is 0. The number of rotatable bonds is 6. The highest BCUT2D eigenvalue weighted by atomic mass is 79.9. The van der Waals surface area contributed by atoms with Crippen LogP contribution in [0.15, 0.2) is 74.1 Å². The molecular weight excluding hydrogens is 610 g/mol. The van der Waals surface area contributed by atoms with Crippen LogP contribution in [0.2, 0.25) is 5.02 Å². The van der Waals surface area contributed by atoms with Gasteiger partial charge in [-0.2, -0.15) is 5.26 Å². The van der Waals surface area contributed by atoms with Crippen LogP contribution in [0.4, 0.5) is 10.9 Å². The minimum absolute atomic E-state index is 0.00642. The molecule has 1 aromatic carbocycles. The van der Waals surface area contributed by atoms with Crippen molar-refractivity contribution in [2.24, 2.45) is 5.73 Å². The van der Waals surface area contributed by atoms with E-state index in [1.54, 1.807) is 17.0 Å². The number of aromatic nitrogens is 3. The van der Waals surface area contributed by atoms with Gasteiger partial charge >= 0.3 is 0 Å². The van der Waals surface area contributed by atoms with Crippen LogP contribution in [0.3, 0.4) is 0 Å². The van der Waals surface area contributed by atoms with Crippen molar-refractivity contribution >= 4 is 73.3 Å². The zero-order chi connectivity index (χ0) is 26.8. The van der Waals surface area contributed by atoms with Gasteiger partial charge in [0, 0.05) is 28.4 Å². The van der Waals surface area contributed by atoms with Gasteiger partial charge in [0.1, 0.15) is 11.6 Å². The van der Waals surface area contributed by atoms with Crippen LogP contribution in [0.25, 0.3) is 0 Å². The lowest BCUT2D eigenvalue weighted by Gasteiger charge is -2.38. The fraction of sp³-hybridized carbons (Fsp3) is 0.200. The molecule has 1 aliphatic heterocycles. The molecule has 38 heavy (non-hydrogen) atoms. The molecule has 1 unspecified atom stereocenters. The van der Waals surface area contributed by atoms with E-state index in [2.05, 4.69) is 42.5 Å². The highest BCUT2D eigenvalue weighted by molar-refractivity contribution is 9.10. The average Bonchev–Trinajstić information content (AvgIpc) is 3.37. The predicted octanol–water partition coefficient (Wildman–Crippen LogP) is 5.38. The Balaban J connectivity index is 1.42. The van der Waals surface area contributed by atoms with Crippen LogP contribution in [0, 0.1) is 11.3 Å². The van der Waals surface area contributed by atoms with Crippen molar-refractivity contribution in [1.82, 2.24) is 15.2 Å². The van der Waals surface area contributed by atoms with Gasteiger partial charge in [-0.05, 0) is 42.7 Å². The summed E-state index contributed by atoms with van der Waals surface area (Å²) < 4.78 is 1.39. The van der Waals surface area contributed by atoms with Crippen LogP contribution in [0.5, 0.6) is 0 Å². The monoisotopic (exact) mass is 627 g/mol. The van der Waals surface area contributed by atoms with Gasteiger partial charge in [0.25, 0.3) is 0 Å². The van der Waals surface area contributed by atoms with E-state index in [0.717, 1.165) is 15.7 Å². The molecule has 2 aliphatic rings. The highest BCUT2D eigenvalue weighted by Gasteiger charge is 2.41. The molecule has 0 saturated heterocycles. The largest absolute Gasteiger partial charge is 0.384 e. The normalized spacial score (nSPS) is 17.3. The van der Waals surface area contributed by atoms with E-state index in [9.17, 15) is 14.9 Å². The lowest BCUT2D eigenvalue weighted by Crippen LogP contribution is -2.38.